The molecule has 0 atom stereocenters. The molecule has 3 aromatic rings. The zero-order valence-electron chi connectivity index (χ0n) is 13.0. The van der Waals surface area contributed by atoms with E-state index in [4.69, 9.17) is 9.15 Å². The minimum Gasteiger partial charge on any atom is -0.496 e. The highest BCUT2D eigenvalue weighted by Gasteiger charge is 2.13. The molecule has 0 unspecified atom stereocenters. The van der Waals surface area contributed by atoms with Gasteiger partial charge in [-0.3, -0.25) is 0 Å². The Balaban J connectivity index is 1.67. The molecule has 2 heterocycles. The van der Waals surface area contributed by atoms with E-state index in [0.29, 0.717) is 11.1 Å². The van der Waals surface area contributed by atoms with Crippen LogP contribution >= 0.6 is 23.1 Å². The van der Waals surface area contributed by atoms with Gasteiger partial charge < -0.3 is 9.15 Å². The molecule has 0 aliphatic carbocycles. The predicted molar refractivity (Wildman–Crippen MR) is 92.0 cm³/mol. The highest BCUT2D eigenvalue weighted by molar-refractivity contribution is 7.98. The van der Waals surface area contributed by atoms with Crippen LogP contribution < -0.4 is 4.74 Å². The summed E-state index contributed by atoms with van der Waals surface area (Å²) in [4.78, 5) is 4.60. The van der Waals surface area contributed by atoms with Gasteiger partial charge in [0.15, 0.2) is 0 Å². The van der Waals surface area contributed by atoms with Gasteiger partial charge in [-0.1, -0.05) is 30.8 Å². The van der Waals surface area contributed by atoms with Crippen molar-refractivity contribution in [2.24, 2.45) is 0 Å². The van der Waals surface area contributed by atoms with E-state index in [1.165, 1.54) is 16.8 Å². The minimum absolute atomic E-state index is 0.467. The van der Waals surface area contributed by atoms with Gasteiger partial charge in [0.05, 0.1) is 23.4 Å². The molecule has 0 amide bonds. The van der Waals surface area contributed by atoms with Gasteiger partial charge in [-0.2, -0.15) is 0 Å². The molecule has 0 saturated carbocycles. The lowest BCUT2D eigenvalue weighted by Gasteiger charge is -2.03. The van der Waals surface area contributed by atoms with Crippen LogP contribution in [0.5, 0.6) is 5.75 Å². The van der Waals surface area contributed by atoms with Gasteiger partial charge >= 0.3 is 0 Å². The topological polar surface area (TPSA) is 61.0 Å². The van der Waals surface area contributed by atoms with E-state index in [1.54, 1.807) is 18.4 Å². The third-order valence-electron chi connectivity index (χ3n) is 3.15. The van der Waals surface area contributed by atoms with Crippen LogP contribution in [0.15, 0.2) is 39.3 Å². The number of benzene rings is 1. The lowest BCUT2D eigenvalue weighted by Crippen LogP contribution is -1.87. The number of aryl methyl sites for hydroxylation is 1. The summed E-state index contributed by atoms with van der Waals surface area (Å²) < 4.78 is 11.0. The third-order valence-corrected chi connectivity index (χ3v) is 4.96. The highest BCUT2D eigenvalue weighted by atomic mass is 32.2. The second-order valence-electron chi connectivity index (χ2n) is 4.84. The largest absolute Gasteiger partial charge is 0.496 e. The Bertz CT molecular complexity index is 770. The number of thioether (sulfide) groups is 1. The first-order valence-electron chi connectivity index (χ1n) is 7.33. The van der Waals surface area contributed by atoms with Gasteiger partial charge in [-0.25, -0.2) is 4.98 Å². The van der Waals surface area contributed by atoms with Crippen molar-refractivity contribution in [2.75, 3.05) is 7.11 Å². The quantitative estimate of drug-likeness (QED) is 0.589. The fourth-order valence-corrected chi connectivity index (χ4v) is 3.74. The summed E-state index contributed by atoms with van der Waals surface area (Å²) in [6.45, 7) is 2.16. The molecule has 0 aliphatic heterocycles. The molecule has 3 rings (SSSR count). The maximum atomic E-state index is 5.72. The van der Waals surface area contributed by atoms with Crippen molar-refractivity contribution in [3.05, 3.63) is 40.3 Å². The Morgan fingerprint density at radius 3 is 2.96 bits per heavy atom. The van der Waals surface area contributed by atoms with E-state index >= 15 is 0 Å². The summed E-state index contributed by atoms with van der Waals surface area (Å²) in [6.07, 6.45) is 2.15. The molecule has 7 heteroatoms. The maximum Gasteiger partial charge on any atom is 0.277 e. The van der Waals surface area contributed by atoms with Crippen LogP contribution in [-0.2, 0) is 12.2 Å². The van der Waals surface area contributed by atoms with Gasteiger partial charge in [-0.05, 0) is 25.0 Å². The summed E-state index contributed by atoms with van der Waals surface area (Å²) in [7, 11) is 1.63. The second-order valence-corrected chi connectivity index (χ2v) is 6.71. The standard InChI is InChI=1S/C16H17N3O2S2/c1-3-6-14-17-11(9-22-14)10-23-16-19-18-15(21-16)12-7-4-5-8-13(12)20-2/h4-5,7-9H,3,6,10H2,1-2H3. The molecule has 2 aromatic heterocycles. The Kier molecular flexibility index (Phi) is 5.30. The summed E-state index contributed by atoms with van der Waals surface area (Å²) in [5.74, 6) is 1.92. The average molecular weight is 347 g/mol. The van der Waals surface area contributed by atoms with Crippen LogP contribution in [0.1, 0.15) is 24.0 Å². The molecule has 1 aromatic carbocycles. The average Bonchev–Trinajstić information content (AvgIpc) is 3.22. The molecular weight excluding hydrogens is 330 g/mol. The van der Waals surface area contributed by atoms with Gasteiger partial charge in [0, 0.05) is 11.1 Å². The van der Waals surface area contributed by atoms with E-state index in [1.807, 2.05) is 24.3 Å². The molecule has 0 radical (unpaired) electrons. The van der Waals surface area contributed by atoms with Crippen molar-refractivity contribution in [3.8, 4) is 17.2 Å². The predicted octanol–water partition coefficient (Wildman–Crippen LogP) is 4.45. The Labute approximate surface area is 143 Å². The number of aromatic nitrogens is 3. The summed E-state index contributed by atoms with van der Waals surface area (Å²) in [5, 5.41) is 12.0. The maximum absolute atomic E-state index is 5.72. The molecule has 120 valence electrons. The number of nitrogens with zero attached hydrogens (tertiary/aromatic N) is 3. The first kappa shape index (κ1) is 16.0. The lowest BCUT2D eigenvalue weighted by molar-refractivity contribution is 0.411. The Morgan fingerprint density at radius 1 is 1.26 bits per heavy atom. The number of rotatable bonds is 7. The molecule has 0 aliphatic rings. The van der Waals surface area contributed by atoms with Crippen LogP contribution in [-0.4, -0.2) is 22.3 Å². The second kappa shape index (κ2) is 7.61. The number of ether oxygens (including phenoxy) is 1. The van der Waals surface area contributed by atoms with Gasteiger partial charge in [-0.15, -0.1) is 21.5 Å². The van der Waals surface area contributed by atoms with Gasteiger partial charge in [0.2, 0.25) is 0 Å². The number of methoxy groups -OCH3 is 1. The summed E-state index contributed by atoms with van der Waals surface area (Å²) in [5.41, 5.74) is 1.86. The summed E-state index contributed by atoms with van der Waals surface area (Å²) in [6, 6.07) is 7.60. The van der Waals surface area contributed by atoms with E-state index in [0.717, 1.165) is 35.6 Å². The van der Waals surface area contributed by atoms with Crippen molar-refractivity contribution in [1.29, 1.82) is 0 Å². The number of hydrogen-bond donors (Lipinski definition) is 0. The molecule has 0 spiro atoms. The fourth-order valence-electron chi connectivity index (χ4n) is 2.08. The van der Waals surface area contributed by atoms with Crippen molar-refractivity contribution in [1.82, 2.24) is 15.2 Å². The smallest absolute Gasteiger partial charge is 0.277 e. The van der Waals surface area contributed by atoms with E-state index < -0.39 is 0 Å². The van der Waals surface area contributed by atoms with Crippen molar-refractivity contribution >= 4 is 23.1 Å². The van der Waals surface area contributed by atoms with Crippen LogP contribution in [0.4, 0.5) is 0 Å². The van der Waals surface area contributed by atoms with E-state index in [2.05, 4.69) is 27.5 Å². The van der Waals surface area contributed by atoms with Crippen LogP contribution in [0.2, 0.25) is 0 Å². The first-order chi connectivity index (χ1) is 11.3. The van der Waals surface area contributed by atoms with Crippen molar-refractivity contribution < 1.29 is 9.15 Å². The van der Waals surface area contributed by atoms with Crippen LogP contribution in [0, 0.1) is 0 Å². The van der Waals surface area contributed by atoms with Crippen LogP contribution in [0.3, 0.4) is 0 Å². The van der Waals surface area contributed by atoms with Crippen LogP contribution in [0.25, 0.3) is 11.5 Å². The molecule has 0 fully saturated rings. The number of thiazole rings is 1. The molecule has 0 bridgehead atoms. The van der Waals surface area contributed by atoms with Gasteiger partial charge in [0.25, 0.3) is 11.1 Å². The zero-order valence-corrected chi connectivity index (χ0v) is 14.6. The normalized spacial score (nSPS) is 10.9. The molecular formula is C16H17N3O2S2. The summed E-state index contributed by atoms with van der Waals surface area (Å²) >= 11 is 3.21. The molecule has 0 N–H and O–H groups in total. The van der Waals surface area contributed by atoms with Crippen molar-refractivity contribution in [2.45, 2.75) is 30.7 Å². The molecule has 23 heavy (non-hydrogen) atoms. The van der Waals surface area contributed by atoms with E-state index in [9.17, 15) is 0 Å². The number of hydrogen-bond acceptors (Lipinski definition) is 7. The highest BCUT2D eigenvalue weighted by Crippen LogP contribution is 2.31. The number of para-hydroxylation sites is 1. The van der Waals surface area contributed by atoms with Crippen molar-refractivity contribution in [3.63, 3.8) is 0 Å². The Hall–Kier alpha value is -1.86. The van der Waals surface area contributed by atoms with E-state index in [-0.39, 0.29) is 0 Å². The van der Waals surface area contributed by atoms with Gasteiger partial charge in [0.1, 0.15) is 5.75 Å². The first-order valence-corrected chi connectivity index (χ1v) is 9.19. The Morgan fingerprint density at radius 2 is 2.13 bits per heavy atom. The zero-order chi connectivity index (χ0) is 16.1. The minimum atomic E-state index is 0.467. The monoisotopic (exact) mass is 347 g/mol. The fraction of sp³-hybridized carbons (Fsp3) is 0.312. The SMILES string of the molecule is CCCc1nc(CSc2nnc(-c3ccccc3OC)o2)cs1. The lowest BCUT2D eigenvalue weighted by atomic mass is 10.2. The molecule has 5 nitrogen and oxygen atoms in total. The third kappa shape index (κ3) is 3.92. The molecule has 0 saturated heterocycles.